The molecule has 1 saturated heterocycles. The second kappa shape index (κ2) is 8.28. The van der Waals surface area contributed by atoms with Crippen LogP contribution in [0.4, 0.5) is 10.8 Å². The summed E-state index contributed by atoms with van der Waals surface area (Å²) >= 11 is 1.49. The van der Waals surface area contributed by atoms with Crippen molar-refractivity contribution < 1.29 is 9.53 Å². The number of nitrogens with one attached hydrogen (secondary N) is 1. The number of benzene rings is 1. The van der Waals surface area contributed by atoms with Crippen LogP contribution < -0.4 is 10.2 Å². The molecule has 3 heterocycles. The van der Waals surface area contributed by atoms with Crippen LogP contribution in [0.2, 0.25) is 0 Å². The first kappa shape index (κ1) is 18.9. The fraction of sp³-hybridized carbons (Fsp3) is 0.450. The highest BCUT2D eigenvalue weighted by Gasteiger charge is 2.19. The summed E-state index contributed by atoms with van der Waals surface area (Å²) in [6, 6.07) is 8.29. The van der Waals surface area contributed by atoms with E-state index in [1.54, 1.807) is 6.07 Å². The number of carbonyl (C=O) groups is 1. The summed E-state index contributed by atoms with van der Waals surface area (Å²) in [4.78, 5) is 19.4. The number of ether oxygens (including phenoxy) is 1. The smallest absolute Gasteiger partial charge is 0.277 e. The number of fused-ring (bicyclic) bond motifs is 1. The van der Waals surface area contributed by atoms with Crippen LogP contribution in [-0.4, -0.2) is 47.0 Å². The molecular weight excluding hydrogens is 374 g/mol. The first-order valence-electron chi connectivity index (χ1n) is 9.77. The van der Waals surface area contributed by atoms with Gasteiger partial charge in [-0.3, -0.25) is 14.8 Å². The SMILES string of the molecule is CCN(CC)c1ccc2nc(NC(=O)c3ccn(C4CCOCC4)n3)sc2c1. The minimum Gasteiger partial charge on any atom is -0.381 e. The van der Waals surface area contributed by atoms with Gasteiger partial charge in [0.1, 0.15) is 0 Å². The topological polar surface area (TPSA) is 72.3 Å². The Labute approximate surface area is 168 Å². The number of anilines is 2. The van der Waals surface area contributed by atoms with E-state index in [1.807, 2.05) is 16.9 Å². The summed E-state index contributed by atoms with van der Waals surface area (Å²) < 4.78 is 8.33. The summed E-state index contributed by atoms with van der Waals surface area (Å²) in [6.07, 6.45) is 3.73. The lowest BCUT2D eigenvalue weighted by atomic mass is 10.1. The van der Waals surface area contributed by atoms with E-state index >= 15 is 0 Å². The molecule has 1 fully saturated rings. The lowest BCUT2D eigenvalue weighted by Crippen LogP contribution is -2.21. The van der Waals surface area contributed by atoms with Gasteiger partial charge in [-0.15, -0.1) is 0 Å². The highest BCUT2D eigenvalue weighted by Crippen LogP contribution is 2.30. The molecule has 1 aromatic carbocycles. The first-order valence-corrected chi connectivity index (χ1v) is 10.6. The zero-order valence-corrected chi connectivity index (χ0v) is 17.0. The molecule has 3 aromatic rings. The van der Waals surface area contributed by atoms with E-state index in [9.17, 15) is 4.79 Å². The maximum atomic E-state index is 12.6. The average Bonchev–Trinajstić information content (AvgIpc) is 3.36. The van der Waals surface area contributed by atoms with Crippen molar-refractivity contribution in [2.45, 2.75) is 32.7 Å². The molecule has 0 bridgehead atoms. The Morgan fingerprint density at radius 2 is 2.07 bits per heavy atom. The third-order valence-electron chi connectivity index (χ3n) is 5.13. The minimum absolute atomic E-state index is 0.228. The van der Waals surface area contributed by atoms with Crippen molar-refractivity contribution in [1.82, 2.24) is 14.8 Å². The third-order valence-corrected chi connectivity index (χ3v) is 6.06. The van der Waals surface area contributed by atoms with Gasteiger partial charge in [0, 0.05) is 38.2 Å². The zero-order valence-electron chi connectivity index (χ0n) is 16.2. The fourth-order valence-corrected chi connectivity index (χ4v) is 4.42. The molecule has 0 saturated carbocycles. The maximum absolute atomic E-state index is 12.6. The van der Waals surface area contributed by atoms with Gasteiger partial charge in [0.05, 0.1) is 16.3 Å². The van der Waals surface area contributed by atoms with Gasteiger partial charge in [-0.1, -0.05) is 11.3 Å². The van der Waals surface area contributed by atoms with E-state index in [0.29, 0.717) is 16.9 Å². The van der Waals surface area contributed by atoms with Crippen molar-refractivity contribution >= 4 is 38.3 Å². The number of thiazole rings is 1. The Morgan fingerprint density at radius 3 is 2.82 bits per heavy atom. The molecule has 1 amide bonds. The van der Waals surface area contributed by atoms with Crippen LogP contribution in [0.3, 0.4) is 0 Å². The summed E-state index contributed by atoms with van der Waals surface area (Å²) in [5.41, 5.74) is 2.48. The molecule has 0 atom stereocenters. The molecule has 0 aliphatic carbocycles. The van der Waals surface area contributed by atoms with Crippen LogP contribution in [0.1, 0.15) is 43.2 Å². The quantitative estimate of drug-likeness (QED) is 0.680. The van der Waals surface area contributed by atoms with Crippen LogP contribution in [0.15, 0.2) is 30.5 Å². The van der Waals surface area contributed by atoms with Crippen LogP contribution in [-0.2, 0) is 4.74 Å². The molecule has 1 N–H and O–H groups in total. The van der Waals surface area contributed by atoms with Crippen molar-refractivity contribution in [2.24, 2.45) is 0 Å². The molecule has 0 unspecified atom stereocenters. The van der Waals surface area contributed by atoms with Gasteiger partial charge in [0.15, 0.2) is 10.8 Å². The number of amides is 1. The highest BCUT2D eigenvalue weighted by molar-refractivity contribution is 7.22. The summed E-state index contributed by atoms with van der Waals surface area (Å²) in [6.45, 7) is 7.69. The lowest BCUT2D eigenvalue weighted by molar-refractivity contribution is 0.0661. The molecule has 1 aliphatic heterocycles. The number of hydrogen-bond donors (Lipinski definition) is 1. The summed E-state index contributed by atoms with van der Waals surface area (Å²) in [5, 5.41) is 7.95. The molecule has 4 rings (SSSR count). The molecule has 0 radical (unpaired) electrons. The Balaban J connectivity index is 1.48. The van der Waals surface area contributed by atoms with Gasteiger partial charge >= 0.3 is 0 Å². The number of carbonyl (C=O) groups excluding carboxylic acids is 1. The Bertz CT molecular complexity index is 957. The molecule has 8 heteroatoms. The van der Waals surface area contributed by atoms with Gasteiger partial charge in [0.25, 0.3) is 5.91 Å². The van der Waals surface area contributed by atoms with Crippen molar-refractivity contribution in [3.05, 3.63) is 36.2 Å². The van der Waals surface area contributed by atoms with Gasteiger partial charge in [0.2, 0.25) is 0 Å². The van der Waals surface area contributed by atoms with E-state index in [1.165, 1.54) is 17.0 Å². The maximum Gasteiger partial charge on any atom is 0.277 e. The standard InChI is InChI=1S/C20H25N5O2S/c1-3-24(4-2)15-5-6-16-18(13-15)28-20(21-16)22-19(26)17-7-10-25(23-17)14-8-11-27-12-9-14/h5-7,10,13-14H,3-4,8-9,11-12H2,1-2H3,(H,21,22,26). The first-order chi connectivity index (χ1) is 13.7. The van der Waals surface area contributed by atoms with Crippen molar-refractivity contribution in [3.8, 4) is 0 Å². The molecule has 28 heavy (non-hydrogen) atoms. The van der Waals surface area contributed by atoms with E-state index < -0.39 is 0 Å². The number of hydrogen-bond acceptors (Lipinski definition) is 6. The van der Waals surface area contributed by atoms with Gasteiger partial charge < -0.3 is 9.64 Å². The van der Waals surface area contributed by atoms with Crippen LogP contribution >= 0.6 is 11.3 Å². The average molecular weight is 400 g/mol. The number of aromatic nitrogens is 3. The number of rotatable bonds is 6. The Hall–Kier alpha value is -2.45. The highest BCUT2D eigenvalue weighted by atomic mass is 32.1. The lowest BCUT2D eigenvalue weighted by Gasteiger charge is -2.22. The van der Waals surface area contributed by atoms with Gasteiger partial charge in [-0.25, -0.2) is 4.98 Å². The second-order valence-electron chi connectivity index (χ2n) is 6.82. The zero-order chi connectivity index (χ0) is 19.5. The van der Waals surface area contributed by atoms with Crippen LogP contribution in [0, 0.1) is 0 Å². The van der Waals surface area contributed by atoms with Crippen molar-refractivity contribution in [3.63, 3.8) is 0 Å². The summed E-state index contributed by atoms with van der Waals surface area (Å²) in [7, 11) is 0. The summed E-state index contributed by atoms with van der Waals surface area (Å²) in [5.74, 6) is -0.228. The van der Waals surface area contributed by atoms with E-state index in [0.717, 1.165) is 49.4 Å². The van der Waals surface area contributed by atoms with Crippen LogP contribution in [0.5, 0.6) is 0 Å². The third kappa shape index (κ3) is 3.88. The van der Waals surface area contributed by atoms with Gasteiger partial charge in [-0.2, -0.15) is 5.10 Å². The Morgan fingerprint density at radius 1 is 1.29 bits per heavy atom. The predicted molar refractivity (Wildman–Crippen MR) is 112 cm³/mol. The predicted octanol–water partition coefficient (Wildman–Crippen LogP) is 3.94. The largest absolute Gasteiger partial charge is 0.381 e. The molecule has 0 spiro atoms. The van der Waals surface area contributed by atoms with Gasteiger partial charge in [-0.05, 0) is 51.0 Å². The molecular formula is C20H25N5O2S. The van der Waals surface area contributed by atoms with Crippen molar-refractivity contribution in [1.29, 1.82) is 0 Å². The number of nitrogens with zero attached hydrogens (tertiary/aromatic N) is 4. The van der Waals surface area contributed by atoms with Crippen molar-refractivity contribution in [2.75, 3.05) is 36.5 Å². The van der Waals surface area contributed by atoms with Crippen LogP contribution in [0.25, 0.3) is 10.2 Å². The van der Waals surface area contributed by atoms with E-state index in [2.05, 4.69) is 46.3 Å². The minimum atomic E-state index is -0.228. The van der Waals surface area contributed by atoms with E-state index in [-0.39, 0.29) is 5.91 Å². The molecule has 148 valence electrons. The second-order valence-corrected chi connectivity index (χ2v) is 7.85. The Kier molecular flexibility index (Phi) is 5.59. The monoisotopic (exact) mass is 399 g/mol. The fourth-order valence-electron chi connectivity index (χ4n) is 3.53. The molecule has 2 aromatic heterocycles. The molecule has 7 nitrogen and oxygen atoms in total. The molecule has 1 aliphatic rings. The van der Waals surface area contributed by atoms with E-state index in [4.69, 9.17) is 4.74 Å². The normalized spacial score (nSPS) is 15.1.